The van der Waals surface area contributed by atoms with Crippen molar-refractivity contribution in [2.24, 2.45) is 0 Å². The standard InChI is InChI=1S/C8H19N3O2S/c1-6-4-9-7(2)8(11-6)5-10-14(3,12)13/h6-11H,4-5H2,1-3H3. The van der Waals surface area contributed by atoms with Gasteiger partial charge in [-0.3, -0.25) is 0 Å². The van der Waals surface area contributed by atoms with Crippen LogP contribution in [0.5, 0.6) is 0 Å². The zero-order valence-electron chi connectivity index (χ0n) is 8.87. The van der Waals surface area contributed by atoms with Crippen molar-refractivity contribution in [1.29, 1.82) is 0 Å². The van der Waals surface area contributed by atoms with Gasteiger partial charge in [-0.1, -0.05) is 0 Å². The van der Waals surface area contributed by atoms with E-state index in [1.54, 1.807) is 0 Å². The Morgan fingerprint density at radius 1 is 1.43 bits per heavy atom. The molecule has 1 heterocycles. The van der Waals surface area contributed by atoms with E-state index in [0.717, 1.165) is 6.54 Å². The highest BCUT2D eigenvalue weighted by atomic mass is 32.2. The monoisotopic (exact) mass is 221 g/mol. The van der Waals surface area contributed by atoms with Crippen LogP contribution in [-0.2, 0) is 10.0 Å². The largest absolute Gasteiger partial charge is 0.311 e. The molecule has 5 nitrogen and oxygen atoms in total. The predicted octanol–water partition coefficient (Wildman–Crippen LogP) is -1.13. The Hall–Kier alpha value is -0.170. The maximum Gasteiger partial charge on any atom is 0.208 e. The number of hydrogen-bond acceptors (Lipinski definition) is 4. The van der Waals surface area contributed by atoms with E-state index in [1.807, 2.05) is 6.92 Å². The molecule has 0 aromatic rings. The average molecular weight is 221 g/mol. The lowest BCUT2D eigenvalue weighted by atomic mass is 10.1. The summed E-state index contributed by atoms with van der Waals surface area (Å²) in [5.74, 6) is 0. The van der Waals surface area contributed by atoms with Crippen LogP contribution in [0.4, 0.5) is 0 Å². The Morgan fingerprint density at radius 3 is 2.64 bits per heavy atom. The van der Waals surface area contributed by atoms with Crippen LogP contribution in [0.1, 0.15) is 13.8 Å². The van der Waals surface area contributed by atoms with Gasteiger partial charge in [0.05, 0.1) is 6.26 Å². The summed E-state index contributed by atoms with van der Waals surface area (Å²) in [6, 6.07) is 0.839. The maximum atomic E-state index is 10.9. The highest BCUT2D eigenvalue weighted by molar-refractivity contribution is 7.88. The summed E-state index contributed by atoms with van der Waals surface area (Å²) in [7, 11) is -3.08. The average Bonchev–Trinajstić information content (AvgIpc) is 2.05. The lowest BCUT2D eigenvalue weighted by Crippen LogP contribution is -2.62. The molecule has 0 aromatic heterocycles. The van der Waals surface area contributed by atoms with Gasteiger partial charge in [0.1, 0.15) is 0 Å². The fourth-order valence-corrected chi connectivity index (χ4v) is 2.03. The van der Waals surface area contributed by atoms with Crippen LogP contribution in [0.15, 0.2) is 0 Å². The summed E-state index contributed by atoms with van der Waals surface area (Å²) in [6.45, 7) is 5.49. The molecule has 6 heteroatoms. The highest BCUT2D eigenvalue weighted by Gasteiger charge is 2.24. The van der Waals surface area contributed by atoms with Gasteiger partial charge in [0.25, 0.3) is 0 Å². The minimum Gasteiger partial charge on any atom is -0.311 e. The van der Waals surface area contributed by atoms with Gasteiger partial charge < -0.3 is 10.6 Å². The smallest absolute Gasteiger partial charge is 0.208 e. The first kappa shape index (κ1) is 11.9. The van der Waals surface area contributed by atoms with Crippen molar-refractivity contribution in [2.75, 3.05) is 19.3 Å². The van der Waals surface area contributed by atoms with Crippen LogP contribution in [-0.4, -0.2) is 45.9 Å². The normalized spacial score (nSPS) is 34.4. The predicted molar refractivity (Wildman–Crippen MR) is 56.7 cm³/mol. The highest BCUT2D eigenvalue weighted by Crippen LogP contribution is 2.00. The summed E-state index contributed by atoms with van der Waals surface area (Å²) >= 11 is 0. The molecule has 14 heavy (non-hydrogen) atoms. The van der Waals surface area contributed by atoms with Crippen LogP contribution in [0, 0.1) is 0 Å². The molecule has 3 atom stereocenters. The summed E-state index contributed by atoms with van der Waals surface area (Å²) in [5, 5.41) is 6.67. The Labute approximate surface area is 85.7 Å². The van der Waals surface area contributed by atoms with Crippen LogP contribution in [0.2, 0.25) is 0 Å². The van der Waals surface area contributed by atoms with Crippen LogP contribution < -0.4 is 15.4 Å². The summed E-state index contributed by atoms with van der Waals surface area (Å²) < 4.78 is 24.3. The molecule has 0 saturated carbocycles. The zero-order chi connectivity index (χ0) is 10.8. The van der Waals surface area contributed by atoms with E-state index in [4.69, 9.17) is 0 Å². The van der Waals surface area contributed by atoms with Crippen molar-refractivity contribution in [3.05, 3.63) is 0 Å². The summed E-state index contributed by atoms with van der Waals surface area (Å²) in [4.78, 5) is 0. The van der Waals surface area contributed by atoms with Gasteiger partial charge in [-0.25, -0.2) is 13.1 Å². The number of hydrogen-bond donors (Lipinski definition) is 3. The van der Waals surface area contributed by atoms with Crippen molar-refractivity contribution >= 4 is 10.0 Å². The first-order chi connectivity index (χ1) is 6.38. The number of piperazine rings is 1. The topological polar surface area (TPSA) is 70.2 Å². The quantitative estimate of drug-likeness (QED) is 0.564. The van der Waals surface area contributed by atoms with E-state index < -0.39 is 10.0 Å². The maximum absolute atomic E-state index is 10.9. The third kappa shape index (κ3) is 3.91. The first-order valence-corrected chi connectivity index (χ1v) is 6.71. The summed E-state index contributed by atoms with van der Waals surface area (Å²) in [5.41, 5.74) is 0. The lowest BCUT2D eigenvalue weighted by Gasteiger charge is -2.35. The molecule has 1 aliphatic rings. The Balaban J connectivity index is 2.42. The van der Waals surface area contributed by atoms with Crippen molar-refractivity contribution in [3.8, 4) is 0 Å². The van der Waals surface area contributed by atoms with Crippen LogP contribution in [0.3, 0.4) is 0 Å². The zero-order valence-corrected chi connectivity index (χ0v) is 9.69. The lowest BCUT2D eigenvalue weighted by molar-refractivity contribution is 0.289. The molecule has 1 rings (SSSR count). The van der Waals surface area contributed by atoms with Crippen molar-refractivity contribution in [2.45, 2.75) is 32.0 Å². The minimum absolute atomic E-state index is 0.161. The Morgan fingerprint density at radius 2 is 2.07 bits per heavy atom. The van der Waals surface area contributed by atoms with E-state index in [1.165, 1.54) is 6.26 Å². The molecule has 0 aliphatic carbocycles. The molecule has 3 N–H and O–H groups in total. The molecule has 0 spiro atoms. The summed E-state index contributed by atoms with van der Waals surface area (Å²) in [6.07, 6.45) is 1.18. The van der Waals surface area contributed by atoms with E-state index in [0.29, 0.717) is 18.6 Å². The minimum atomic E-state index is -3.08. The third-order valence-electron chi connectivity index (χ3n) is 2.41. The molecule has 0 aromatic carbocycles. The SMILES string of the molecule is CC1CNC(C)C(CNS(C)(=O)=O)N1. The van der Waals surface area contributed by atoms with E-state index in [-0.39, 0.29) is 6.04 Å². The molecule has 0 bridgehead atoms. The van der Waals surface area contributed by atoms with Gasteiger partial charge in [0.2, 0.25) is 10.0 Å². The number of rotatable bonds is 3. The fraction of sp³-hybridized carbons (Fsp3) is 1.00. The molecule has 1 aliphatic heterocycles. The first-order valence-electron chi connectivity index (χ1n) is 4.82. The van der Waals surface area contributed by atoms with E-state index in [9.17, 15) is 8.42 Å². The second kappa shape index (κ2) is 4.57. The molecular formula is C8H19N3O2S. The van der Waals surface area contributed by atoms with Crippen LogP contribution >= 0.6 is 0 Å². The van der Waals surface area contributed by atoms with Gasteiger partial charge in [0.15, 0.2) is 0 Å². The Kier molecular flexibility index (Phi) is 3.88. The Bertz CT molecular complexity index is 278. The molecule has 0 radical (unpaired) electrons. The van der Waals surface area contributed by atoms with E-state index >= 15 is 0 Å². The molecule has 1 fully saturated rings. The fourth-order valence-electron chi connectivity index (χ4n) is 1.55. The van der Waals surface area contributed by atoms with Crippen molar-refractivity contribution in [1.82, 2.24) is 15.4 Å². The second-order valence-corrected chi connectivity index (χ2v) is 5.82. The molecule has 3 unspecified atom stereocenters. The van der Waals surface area contributed by atoms with Crippen LogP contribution in [0.25, 0.3) is 0 Å². The van der Waals surface area contributed by atoms with E-state index in [2.05, 4.69) is 22.3 Å². The van der Waals surface area contributed by atoms with Crippen molar-refractivity contribution in [3.63, 3.8) is 0 Å². The van der Waals surface area contributed by atoms with Gasteiger partial charge in [-0.15, -0.1) is 0 Å². The van der Waals surface area contributed by atoms with Gasteiger partial charge in [-0.2, -0.15) is 0 Å². The molecular weight excluding hydrogens is 202 g/mol. The molecule has 1 saturated heterocycles. The van der Waals surface area contributed by atoms with Gasteiger partial charge in [0, 0.05) is 31.2 Å². The number of nitrogens with one attached hydrogen (secondary N) is 3. The third-order valence-corrected chi connectivity index (χ3v) is 3.10. The number of sulfonamides is 1. The van der Waals surface area contributed by atoms with Gasteiger partial charge in [-0.05, 0) is 13.8 Å². The molecule has 0 amide bonds. The second-order valence-electron chi connectivity index (χ2n) is 3.99. The van der Waals surface area contributed by atoms with Crippen molar-refractivity contribution < 1.29 is 8.42 Å². The molecule has 84 valence electrons. The van der Waals surface area contributed by atoms with Gasteiger partial charge >= 0.3 is 0 Å².